The minimum Gasteiger partial charge on any atom is -0.341 e. The van der Waals surface area contributed by atoms with Crippen molar-refractivity contribution < 1.29 is 13.9 Å². The molecule has 2 aromatic carbocycles. The summed E-state index contributed by atoms with van der Waals surface area (Å²) >= 11 is 0. The molecule has 25 heavy (non-hydrogen) atoms. The van der Waals surface area contributed by atoms with Crippen LogP contribution in [0, 0.1) is 23.6 Å². The van der Waals surface area contributed by atoms with Crippen LogP contribution < -0.4 is 0 Å². The van der Waals surface area contributed by atoms with Gasteiger partial charge in [-0.3, -0.25) is 0 Å². The first-order chi connectivity index (χ1) is 12.2. The highest BCUT2D eigenvalue weighted by molar-refractivity contribution is 5.64. The lowest BCUT2D eigenvalue weighted by Crippen LogP contribution is -2.30. The Morgan fingerprint density at radius 3 is 2.20 bits per heavy atom. The zero-order valence-electron chi connectivity index (χ0n) is 14.2. The lowest BCUT2D eigenvalue weighted by molar-refractivity contribution is -0.160. The van der Waals surface area contributed by atoms with E-state index in [0.717, 1.165) is 23.1 Å². The fourth-order valence-electron chi connectivity index (χ4n) is 2.57. The van der Waals surface area contributed by atoms with Crippen LogP contribution >= 0.6 is 0 Å². The van der Waals surface area contributed by atoms with Crippen molar-refractivity contribution in [1.82, 2.24) is 0 Å². The van der Waals surface area contributed by atoms with Gasteiger partial charge in [-0.1, -0.05) is 49.3 Å². The number of hydrogen-bond acceptors (Lipinski definition) is 2. The Morgan fingerprint density at radius 1 is 1.00 bits per heavy atom. The molecule has 0 bridgehead atoms. The molecule has 1 aliphatic heterocycles. The molecule has 3 heteroatoms. The van der Waals surface area contributed by atoms with E-state index in [0.29, 0.717) is 19.1 Å². The molecule has 0 amide bonds. The van der Waals surface area contributed by atoms with Gasteiger partial charge in [-0.25, -0.2) is 4.39 Å². The van der Waals surface area contributed by atoms with E-state index in [4.69, 9.17) is 9.47 Å². The predicted molar refractivity (Wildman–Crippen MR) is 97.3 cm³/mol. The van der Waals surface area contributed by atoms with E-state index in [1.807, 2.05) is 24.3 Å². The molecule has 0 N–H and O–H groups in total. The highest BCUT2D eigenvalue weighted by Gasteiger charge is 2.18. The standard InChI is InChI=1S/C22H21FO2/c1-2-3-4-18-15-24-22(25-16-18)14-7-17-5-8-19(9-6-17)20-10-12-21(23)13-11-20/h3-6,8-13,18,22H,2,15-16H2,1H3/b4-3+/t18-,22-. The summed E-state index contributed by atoms with van der Waals surface area (Å²) < 4.78 is 24.2. The SMILES string of the molecule is CC/C=C/[C@H]1CO[C@H](C#Cc2ccc(-c3ccc(F)cc3)cc2)OC1. The van der Waals surface area contributed by atoms with Crippen LogP contribution in [0.1, 0.15) is 18.9 Å². The normalized spacial score (nSPS) is 20.2. The van der Waals surface area contributed by atoms with Gasteiger partial charge in [0.05, 0.1) is 13.2 Å². The minimum atomic E-state index is -0.469. The van der Waals surface area contributed by atoms with Crippen LogP contribution in [0.4, 0.5) is 4.39 Å². The highest BCUT2D eigenvalue weighted by atomic mass is 19.1. The van der Waals surface area contributed by atoms with E-state index >= 15 is 0 Å². The second-order valence-electron chi connectivity index (χ2n) is 5.95. The van der Waals surface area contributed by atoms with E-state index in [-0.39, 0.29) is 5.82 Å². The Balaban J connectivity index is 1.58. The van der Waals surface area contributed by atoms with Gasteiger partial charge in [0.2, 0.25) is 6.29 Å². The van der Waals surface area contributed by atoms with Gasteiger partial charge in [-0.2, -0.15) is 0 Å². The molecule has 0 unspecified atom stereocenters. The number of ether oxygens (including phenoxy) is 2. The lowest BCUT2D eigenvalue weighted by atomic mass is 10.0. The van der Waals surface area contributed by atoms with E-state index < -0.39 is 6.29 Å². The number of rotatable bonds is 3. The second-order valence-corrected chi connectivity index (χ2v) is 5.95. The molecule has 0 aromatic heterocycles. The molecule has 1 saturated heterocycles. The van der Waals surface area contributed by atoms with Crippen molar-refractivity contribution in [3.8, 4) is 23.0 Å². The summed E-state index contributed by atoms with van der Waals surface area (Å²) in [7, 11) is 0. The first-order valence-electron chi connectivity index (χ1n) is 8.52. The molecule has 3 rings (SSSR count). The van der Waals surface area contributed by atoms with Gasteiger partial charge in [0.1, 0.15) is 5.82 Å². The third kappa shape index (κ3) is 5.03. The molecular weight excluding hydrogens is 315 g/mol. The molecule has 1 heterocycles. The molecule has 2 aromatic rings. The molecule has 0 atom stereocenters. The molecule has 128 valence electrons. The van der Waals surface area contributed by atoms with Crippen LogP contribution in [0.5, 0.6) is 0 Å². The maximum atomic E-state index is 13.0. The number of halogens is 1. The van der Waals surface area contributed by atoms with Crippen molar-refractivity contribution in [3.05, 3.63) is 72.1 Å². The molecular formula is C22H21FO2. The number of hydrogen-bond donors (Lipinski definition) is 0. The largest absolute Gasteiger partial charge is 0.341 e. The predicted octanol–water partition coefficient (Wildman–Crippen LogP) is 4.80. The number of allylic oxidation sites excluding steroid dienone is 1. The minimum absolute atomic E-state index is 0.230. The van der Waals surface area contributed by atoms with Crippen molar-refractivity contribution >= 4 is 0 Å². The van der Waals surface area contributed by atoms with Crippen LogP contribution in [-0.2, 0) is 9.47 Å². The average molecular weight is 336 g/mol. The van der Waals surface area contributed by atoms with Gasteiger partial charge in [0, 0.05) is 11.5 Å². The van der Waals surface area contributed by atoms with E-state index in [1.54, 1.807) is 12.1 Å². The molecule has 1 aliphatic rings. The topological polar surface area (TPSA) is 18.5 Å². The average Bonchev–Trinajstić information content (AvgIpc) is 2.67. The first kappa shape index (κ1) is 17.4. The van der Waals surface area contributed by atoms with Gasteiger partial charge < -0.3 is 9.47 Å². The van der Waals surface area contributed by atoms with Crippen molar-refractivity contribution in [2.75, 3.05) is 13.2 Å². The van der Waals surface area contributed by atoms with Crippen LogP contribution in [0.2, 0.25) is 0 Å². The van der Waals surface area contributed by atoms with E-state index in [9.17, 15) is 4.39 Å². The van der Waals surface area contributed by atoms with E-state index in [2.05, 4.69) is 30.9 Å². The van der Waals surface area contributed by atoms with Crippen LogP contribution in [0.15, 0.2) is 60.7 Å². The van der Waals surface area contributed by atoms with Crippen LogP contribution in [0.3, 0.4) is 0 Å². The molecule has 0 radical (unpaired) electrons. The zero-order valence-corrected chi connectivity index (χ0v) is 14.2. The monoisotopic (exact) mass is 336 g/mol. The number of benzene rings is 2. The third-order valence-electron chi connectivity index (χ3n) is 3.96. The van der Waals surface area contributed by atoms with Gasteiger partial charge >= 0.3 is 0 Å². The maximum Gasteiger partial charge on any atom is 0.222 e. The van der Waals surface area contributed by atoms with Crippen molar-refractivity contribution in [1.29, 1.82) is 0 Å². The highest BCUT2D eigenvalue weighted by Crippen LogP contribution is 2.20. The summed E-state index contributed by atoms with van der Waals surface area (Å²) in [6.45, 7) is 3.38. The van der Waals surface area contributed by atoms with Gasteiger partial charge in [-0.15, -0.1) is 0 Å². The summed E-state index contributed by atoms with van der Waals surface area (Å²) in [5, 5.41) is 0. The molecule has 0 spiro atoms. The van der Waals surface area contributed by atoms with Crippen molar-refractivity contribution in [2.24, 2.45) is 5.92 Å². The maximum absolute atomic E-state index is 13.0. The van der Waals surface area contributed by atoms with Crippen LogP contribution in [0.25, 0.3) is 11.1 Å². The summed E-state index contributed by atoms with van der Waals surface area (Å²) in [6, 6.07) is 14.3. The second kappa shape index (κ2) is 8.62. The third-order valence-corrected chi connectivity index (χ3v) is 3.96. The Bertz CT molecular complexity index is 758. The Morgan fingerprint density at radius 2 is 1.60 bits per heavy atom. The molecule has 0 aliphatic carbocycles. The fraction of sp³-hybridized carbons (Fsp3) is 0.273. The van der Waals surface area contributed by atoms with Crippen molar-refractivity contribution in [3.63, 3.8) is 0 Å². The molecule has 2 nitrogen and oxygen atoms in total. The van der Waals surface area contributed by atoms with Crippen molar-refractivity contribution in [2.45, 2.75) is 19.6 Å². The fourth-order valence-corrected chi connectivity index (χ4v) is 2.57. The molecule has 0 saturated carbocycles. The Hall–Kier alpha value is -2.41. The quantitative estimate of drug-likeness (QED) is 0.592. The van der Waals surface area contributed by atoms with Gasteiger partial charge in [0.15, 0.2) is 0 Å². The summed E-state index contributed by atoms with van der Waals surface area (Å²) in [5.41, 5.74) is 2.90. The van der Waals surface area contributed by atoms with E-state index in [1.165, 1.54) is 12.1 Å². The smallest absolute Gasteiger partial charge is 0.222 e. The summed E-state index contributed by atoms with van der Waals surface area (Å²) in [4.78, 5) is 0. The summed E-state index contributed by atoms with van der Waals surface area (Å²) in [6.07, 6.45) is 4.82. The van der Waals surface area contributed by atoms with Gasteiger partial charge in [-0.05, 0) is 47.7 Å². The van der Waals surface area contributed by atoms with Crippen LogP contribution in [-0.4, -0.2) is 19.5 Å². The first-order valence-corrected chi connectivity index (χ1v) is 8.52. The zero-order chi connectivity index (χ0) is 17.5. The summed E-state index contributed by atoms with van der Waals surface area (Å²) in [5.74, 6) is 6.18. The Kier molecular flexibility index (Phi) is 6.00. The Labute approximate surface area is 148 Å². The lowest BCUT2D eigenvalue weighted by Gasteiger charge is -2.24. The molecule has 1 fully saturated rings. The van der Waals surface area contributed by atoms with Gasteiger partial charge in [0.25, 0.3) is 0 Å².